The first-order valence-corrected chi connectivity index (χ1v) is 10.6. The second kappa shape index (κ2) is 10.6. The maximum absolute atomic E-state index is 12.9. The minimum Gasteiger partial charge on any atom is -0.496 e. The molecule has 0 aliphatic carbocycles. The van der Waals surface area contributed by atoms with Crippen LogP contribution in [0.5, 0.6) is 5.75 Å². The largest absolute Gasteiger partial charge is 0.496 e. The molecule has 0 aromatic heterocycles. The van der Waals surface area contributed by atoms with Crippen LogP contribution < -0.4 is 20.1 Å². The first-order chi connectivity index (χ1) is 14.3. The molecule has 2 rings (SSSR count). The van der Waals surface area contributed by atoms with E-state index in [9.17, 15) is 18.0 Å². The molecule has 2 amide bonds. The van der Waals surface area contributed by atoms with Crippen LogP contribution in [0.25, 0.3) is 0 Å². The third-order valence-corrected chi connectivity index (χ3v) is 5.54. The molecule has 0 unspecified atom stereocenters. The smallest absolute Gasteiger partial charge is 0.261 e. The number of ether oxygens (including phenoxy) is 2. The molecular weight excluding hydrogens is 410 g/mol. The van der Waals surface area contributed by atoms with Gasteiger partial charge in [0.15, 0.2) is 0 Å². The number of anilines is 1. The highest BCUT2D eigenvalue weighted by atomic mass is 32.2. The molecule has 9 nitrogen and oxygen atoms in total. The van der Waals surface area contributed by atoms with Gasteiger partial charge in [0.25, 0.3) is 21.8 Å². The predicted molar refractivity (Wildman–Crippen MR) is 112 cm³/mol. The van der Waals surface area contributed by atoms with E-state index in [-0.39, 0.29) is 27.5 Å². The second-order valence-electron chi connectivity index (χ2n) is 6.19. The van der Waals surface area contributed by atoms with E-state index in [0.29, 0.717) is 19.6 Å². The molecule has 0 aliphatic rings. The van der Waals surface area contributed by atoms with Crippen LogP contribution in [-0.4, -0.2) is 54.7 Å². The minimum absolute atomic E-state index is 0.0760. The number of carbonyl (C=O) groups is 2. The molecule has 2 aromatic rings. The van der Waals surface area contributed by atoms with Crippen LogP contribution in [0, 0.1) is 0 Å². The Labute approximate surface area is 175 Å². The van der Waals surface area contributed by atoms with E-state index in [1.165, 1.54) is 44.5 Å². The van der Waals surface area contributed by atoms with Crippen molar-refractivity contribution in [2.24, 2.45) is 0 Å². The van der Waals surface area contributed by atoms with Crippen molar-refractivity contribution in [2.75, 3.05) is 39.1 Å². The Morgan fingerprint density at radius 2 is 1.73 bits per heavy atom. The molecule has 0 atom stereocenters. The van der Waals surface area contributed by atoms with Crippen molar-refractivity contribution < 1.29 is 27.5 Å². The number of sulfonamides is 1. The Morgan fingerprint density at radius 3 is 2.40 bits per heavy atom. The van der Waals surface area contributed by atoms with Gasteiger partial charge in [0, 0.05) is 27.3 Å². The van der Waals surface area contributed by atoms with E-state index in [2.05, 4.69) is 15.4 Å². The fourth-order valence-electron chi connectivity index (χ4n) is 2.65. The molecule has 162 valence electrons. The van der Waals surface area contributed by atoms with E-state index in [4.69, 9.17) is 9.47 Å². The lowest BCUT2D eigenvalue weighted by Gasteiger charge is -2.14. The van der Waals surface area contributed by atoms with E-state index in [1.807, 2.05) is 0 Å². The lowest BCUT2D eigenvalue weighted by atomic mass is 10.1. The van der Waals surface area contributed by atoms with Gasteiger partial charge in [-0.15, -0.1) is 0 Å². The fraction of sp³-hybridized carbons (Fsp3) is 0.300. The molecule has 0 heterocycles. The zero-order valence-electron chi connectivity index (χ0n) is 17.0. The number of carbonyl (C=O) groups excluding carboxylic acids is 2. The molecule has 0 fully saturated rings. The van der Waals surface area contributed by atoms with Gasteiger partial charge in [-0.1, -0.05) is 12.1 Å². The molecule has 30 heavy (non-hydrogen) atoms. The normalized spacial score (nSPS) is 10.9. The summed E-state index contributed by atoms with van der Waals surface area (Å²) < 4.78 is 38.3. The third-order valence-electron chi connectivity index (χ3n) is 4.18. The summed E-state index contributed by atoms with van der Waals surface area (Å²) in [4.78, 5) is 24.4. The van der Waals surface area contributed by atoms with Gasteiger partial charge in [-0.25, -0.2) is 8.42 Å². The monoisotopic (exact) mass is 435 g/mol. The van der Waals surface area contributed by atoms with Crippen LogP contribution in [0.2, 0.25) is 0 Å². The van der Waals surface area contributed by atoms with Gasteiger partial charge in [0.05, 0.1) is 28.8 Å². The van der Waals surface area contributed by atoms with E-state index >= 15 is 0 Å². The number of amides is 2. The molecule has 0 bridgehead atoms. The average Bonchev–Trinajstić information content (AvgIpc) is 2.75. The first-order valence-electron chi connectivity index (χ1n) is 9.13. The highest BCUT2D eigenvalue weighted by Crippen LogP contribution is 2.25. The number of rotatable bonds is 10. The zero-order chi connectivity index (χ0) is 22.1. The Kier molecular flexibility index (Phi) is 8.19. The quantitative estimate of drug-likeness (QED) is 0.488. The van der Waals surface area contributed by atoms with E-state index in [1.54, 1.807) is 19.2 Å². The Balaban J connectivity index is 2.30. The lowest BCUT2D eigenvalue weighted by Crippen LogP contribution is -2.27. The van der Waals surface area contributed by atoms with Crippen LogP contribution in [0.4, 0.5) is 5.69 Å². The molecule has 10 heteroatoms. The molecular formula is C20H25N3O6S. The van der Waals surface area contributed by atoms with Gasteiger partial charge in [-0.05, 0) is 36.8 Å². The van der Waals surface area contributed by atoms with Gasteiger partial charge in [-0.3, -0.25) is 14.3 Å². The van der Waals surface area contributed by atoms with Crippen LogP contribution in [0.15, 0.2) is 47.4 Å². The van der Waals surface area contributed by atoms with Crippen molar-refractivity contribution in [1.29, 1.82) is 0 Å². The summed E-state index contributed by atoms with van der Waals surface area (Å²) >= 11 is 0. The molecule has 0 aliphatic heterocycles. The number of nitrogens with one attached hydrogen (secondary N) is 3. The van der Waals surface area contributed by atoms with Crippen LogP contribution in [0.3, 0.4) is 0 Å². The van der Waals surface area contributed by atoms with Crippen LogP contribution >= 0.6 is 0 Å². The molecule has 0 saturated heterocycles. The maximum Gasteiger partial charge on any atom is 0.261 e. The number of hydrogen-bond acceptors (Lipinski definition) is 6. The van der Waals surface area contributed by atoms with Gasteiger partial charge in [0.1, 0.15) is 5.75 Å². The zero-order valence-corrected chi connectivity index (χ0v) is 17.8. The second-order valence-corrected chi connectivity index (χ2v) is 7.88. The van der Waals surface area contributed by atoms with E-state index < -0.39 is 21.8 Å². The Morgan fingerprint density at radius 1 is 1.00 bits per heavy atom. The highest BCUT2D eigenvalue weighted by molar-refractivity contribution is 7.92. The molecule has 3 N–H and O–H groups in total. The molecule has 0 saturated carbocycles. The fourth-order valence-corrected chi connectivity index (χ4v) is 3.76. The van der Waals surface area contributed by atoms with Crippen molar-refractivity contribution in [3.63, 3.8) is 0 Å². The Hall–Kier alpha value is -3.11. The lowest BCUT2D eigenvalue weighted by molar-refractivity contribution is 0.0945. The van der Waals surface area contributed by atoms with Crippen molar-refractivity contribution in [3.8, 4) is 5.75 Å². The average molecular weight is 436 g/mol. The maximum atomic E-state index is 12.9. The van der Waals surface area contributed by atoms with Crippen molar-refractivity contribution in [2.45, 2.75) is 11.3 Å². The van der Waals surface area contributed by atoms with Crippen LogP contribution in [-0.2, 0) is 14.8 Å². The number of hydrogen-bond donors (Lipinski definition) is 3. The van der Waals surface area contributed by atoms with Gasteiger partial charge in [-0.2, -0.15) is 0 Å². The minimum atomic E-state index is -4.07. The topological polar surface area (TPSA) is 123 Å². The van der Waals surface area contributed by atoms with Gasteiger partial charge < -0.3 is 20.1 Å². The van der Waals surface area contributed by atoms with Gasteiger partial charge in [0.2, 0.25) is 0 Å². The first kappa shape index (κ1) is 23.2. The van der Waals surface area contributed by atoms with E-state index in [0.717, 1.165) is 0 Å². The summed E-state index contributed by atoms with van der Waals surface area (Å²) in [5.74, 6) is -0.658. The summed E-state index contributed by atoms with van der Waals surface area (Å²) in [7, 11) is 0.315. The van der Waals surface area contributed by atoms with Gasteiger partial charge >= 0.3 is 0 Å². The third kappa shape index (κ3) is 5.71. The number of para-hydroxylation sites is 1. The number of methoxy groups -OCH3 is 2. The summed E-state index contributed by atoms with van der Waals surface area (Å²) in [5.41, 5.74) is 0.379. The summed E-state index contributed by atoms with van der Waals surface area (Å²) in [6.07, 6.45) is 0.629. The summed E-state index contributed by atoms with van der Waals surface area (Å²) in [6.45, 7) is 0.890. The predicted octanol–water partition coefficient (Wildman–Crippen LogP) is 1.62. The van der Waals surface area contributed by atoms with Crippen molar-refractivity contribution in [3.05, 3.63) is 53.6 Å². The van der Waals surface area contributed by atoms with Crippen LogP contribution in [0.1, 0.15) is 27.1 Å². The SMILES string of the molecule is CNC(=O)c1cc(S(=O)(=O)Nc2ccccc2C(=O)NCCCOC)ccc1OC. The molecule has 0 spiro atoms. The number of benzene rings is 2. The highest BCUT2D eigenvalue weighted by Gasteiger charge is 2.21. The molecule has 0 radical (unpaired) electrons. The summed E-state index contributed by atoms with van der Waals surface area (Å²) in [5, 5.41) is 5.16. The van der Waals surface area contributed by atoms with Crippen molar-refractivity contribution in [1.82, 2.24) is 10.6 Å². The molecule has 2 aromatic carbocycles. The summed E-state index contributed by atoms with van der Waals surface area (Å²) in [6, 6.07) is 10.2. The van der Waals surface area contributed by atoms with Crippen molar-refractivity contribution >= 4 is 27.5 Å². The standard InChI is InChI=1S/C20H25N3O6S/c1-21-19(24)16-13-14(9-10-18(16)29-3)30(26,27)23-17-8-5-4-7-15(17)20(25)22-11-6-12-28-2/h4-5,7-10,13,23H,6,11-12H2,1-3H3,(H,21,24)(H,22,25). The Bertz CT molecular complexity index is 1010.